The lowest BCUT2D eigenvalue weighted by Crippen LogP contribution is -2.46. The maximum absolute atomic E-state index is 12.4. The molecule has 1 aliphatic heterocycles. The van der Waals surface area contributed by atoms with Crippen LogP contribution in [0.25, 0.3) is 0 Å². The SMILES string of the molecule is COC(=O)C1=C(C)N(C)C(=S)NC1c1ccc(NC(=O)CCC2CCCC2)cc1. The van der Waals surface area contributed by atoms with Crippen molar-refractivity contribution in [1.82, 2.24) is 10.2 Å². The predicted octanol–water partition coefficient (Wildman–Crippen LogP) is 3.90. The summed E-state index contributed by atoms with van der Waals surface area (Å²) >= 11 is 5.39. The Kier molecular flexibility index (Phi) is 6.90. The van der Waals surface area contributed by atoms with Crippen molar-refractivity contribution in [1.29, 1.82) is 0 Å². The maximum atomic E-state index is 12.4. The summed E-state index contributed by atoms with van der Waals surface area (Å²) in [6, 6.07) is 7.12. The topological polar surface area (TPSA) is 70.7 Å². The fourth-order valence-corrected chi connectivity index (χ4v) is 4.33. The smallest absolute Gasteiger partial charge is 0.337 e. The standard InChI is InChI=1S/C22H29N3O3S/c1-14-19(21(27)28-3)20(24-22(29)25(14)2)16-9-11-17(12-10-16)23-18(26)13-8-15-6-4-5-7-15/h9-12,15,20H,4-8,13H2,1-3H3,(H,23,26)(H,24,29). The van der Waals surface area contributed by atoms with E-state index in [1.165, 1.54) is 32.8 Å². The highest BCUT2D eigenvalue weighted by Crippen LogP contribution is 2.31. The van der Waals surface area contributed by atoms with Gasteiger partial charge in [0.15, 0.2) is 5.11 Å². The largest absolute Gasteiger partial charge is 0.466 e. The molecule has 1 aromatic rings. The predicted molar refractivity (Wildman–Crippen MR) is 117 cm³/mol. The summed E-state index contributed by atoms with van der Waals surface area (Å²) in [7, 11) is 3.19. The van der Waals surface area contributed by atoms with Crippen LogP contribution >= 0.6 is 12.2 Å². The van der Waals surface area contributed by atoms with E-state index in [4.69, 9.17) is 17.0 Å². The lowest BCUT2D eigenvalue weighted by Gasteiger charge is -2.35. The van der Waals surface area contributed by atoms with E-state index in [1.54, 1.807) is 4.90 Å². The van der Waals surface area contributed by atoms with Crippen LogP contribution in [0.2, 0.25) is 0 Å². The molecule has 1 saturated carbocycles. The second-order valence-corrected chi connectivity index (χ2v) is 8.18. The number of benzene rings is 1. The fourth-order valence-electron chi connectivity index (χ4n) is 4.08. The van der Waals surface area contributed by atoms with Gasteiger partial charge in [0.05, 0.1) is 18.7 Å². The zero-order valence-corrected chi connectivity index (χ0v) is 18.1. The van der Waals surface area contributed by atoms with E-state index < -0.39 is 12.0 Å². The summed E-state index contributed by atoms with van der Waals surface area (Å²) < 4.78 is 4.98. The number of rotatable bonds is 6. The van der Waals surface area contributed by atoms with Crippen molar-refractivity contribution in [3.63, 3.8) is 0 Å². The van der Waals surface area contributed by atoms with Crippen molar-refractivity contribution >= 4 is 34.9 Å². The highest BCUT2D eigenvalue weighted by molar-refractivity contribution is 7.80. The van der Waals surface area contributed by atoms with E-state index in [-0.39, 0.29) is 5.91 Å². The van der Waals surface area contributed by atoms with Crippen LogP contribution < -0.4 is 10.6 Å². The van der Waals surface area contributed by atoms with Gasteiger partial charge in [-0.2, -0.15) is 0 Å². The highest BCUT2D eigenvalue weighted by atomic mass is 32.1. The van der Waals surface area contributed by atoms with Crippen LogP contribution in [0.5, 0.6) is 0 Å². The Balaban J connectivity index is 1.68. The van der Waals surface area contributed by atoms with E-state index in [1.807, 2.05) is 38.2 Å². The zero-order chi connectivity index (χ0) is 21.0. The first-order valence-corrected chi connectivity index (χ1v) is 10.5. The number of hydrogen-bond acceptors (Lipinski definition) is 4. The Labute approximate surface area is 177 Å². The van der Waals surface area contributed by atoms with Crippen LogP contribution in [-0.2, 0) is 14.3 Å². The van der Waals surface area contributed by atoms with Crippen molar-refractivity contribution in [3.05, 3.63) is 41.1 Å². The quantitative estimate of drug-likeness (QED) is 0.542. The number of methoxy groups -OCH3 is 1. The number of nitrogens with one attached hydrogen (secondary N) is 2. The molecule has 0 bridgehead atoms. The molecule has 1 atom stereocenters. The molecule has 1 aliphatic carbocycles. The first-order valence-electron chi connectivity index (χ1n) is 10.1. The Morgan fingerprint density at radius 2 is 1.90 bits per heavy atom. The molecule has 3 rings (SSSR count). The third-order valence-corrected chi connectivity index (χ3v) is 6.33. The third kappa shape index (κ3) is 4.96. The van der Waals surface area contributed by atoms with E-state index in [9.17, 15) is 9.59 Å². The van der Waals surface area contributed by atoms with Gasteiger partial charge in [-0.3, -0.25) is 4.79 Å². The minimum atomic E-state index is -0.390. The lowest BCUT2D eigenvalue weighted by atomic mass is 9.95. The third-order valence-electron chi connectivity index (χ3n) is 5.94. The summed E-state index contributed by atoms with van der Waals surface area (Å²) in [5.41, 5.74) is 2.91. The Morgan fingerprint density at radius 3 is 2.52 bits per heavy atom. The van der Waals surface area contributed by atoms with Crippen molar-refractivity contribution in [2.45, 2.75) is 51.5 Å². The molecule has 0 saturated heterocycles. The van der Waals surface area contributed by atoms with Crippen molar-refractivity contribution < 1.29 is 14.3 Å². The van der Waals surface area contributed by atoms with Crippen LogP contribution in [0.3, 0.4) is 0 Å². The molecule has 2 aliphatic rings. The van der Waals surface area contributed by atoms with Gasteiger partial charge in [-0.15, -0.1) is 0 Å². The number of hydrogen-bond donors (Lipinski definition) is 2. The minimum Gasteiger partial charge on any atom is -0.466 e. The van der Waals surface area contributed by atoms with Gasteiger partial charge in [-0.25, -0.2) is 4.79 Å². The minimum absolute atomic E-state index is 0.0502. The second-order valence-electron chi connectivity index (χ2n) is 7.79. The van der Waals surface area contributed by atoms with Gasteiger partial charge in [0, 0.05) is 24.9 Å². The highest BCUT2D eigenvalue weighted by Gasteiger charge is 2.33. The van der Waals surface area contributed by atoms with Gasteiger partial charge in [0.2, 0.25) is 5.91 Å². The average Bonchev–Trinajstić information content (AvgIpc) is 3.24. The average molecular weight is 416 g/mol. The first kappa shape index (κ1) is 21.3. The van der Waals surface area contributed by atoms with Crippen LogP contribution in [0.1, 0.15) is 57.1 Å². The number of anilines is 1. The van der Waals surface area contributed by atoms with Gasteiger partial charge in [-0.1, -0.05) is 37.8 Å². The molecule has 29 heavy (non-hydrogen) atoms. The van der Waals surface area contributed by atoms with Crippen molar-refractivity contribution in [2.75, 3.05) is 19.5 Å². The van der Waals surface area contributed by atoms with Crippen LogP contribution in [-0.4, -0.2) is 36.0 Å². The van der Waals surface area contributed by atoms with Gasteiger partial charge < -0.3 is 20.3 Å². The van der Waals surface area contributed by atoms with Gasteiger partial charge in [-0.05, 0) is 49.2 Å². The molecule has 6 nitrogen and oxygen atoms in total. The van der Waals surface area contributed by atoms with Crippen LogP contribution in [0.15, 0.2) is 35.5 Å². The van der Waals surface area contributed by atoms with Gasteiger partial charge >= 0.3 is 5.97 Å². The van der Waals surface area contributed by atoms with E-state index in [2.05, 4.69) is 10.6 Å². The Morgan fingerprint density at radius 1 is 1.24 bits per heavy atom. The summed E-state index contributed by atoms with van der Waals surface area (Å²) in [6.45, 7) is 1.85. The summed E-state index contributed by atoms with van der Waals surface area (Å²) in [5.74, 6) is 0.363. The van der Waals surface area contributed by atoms with Crippen molar-refractivity contribution in [3.8, 4) is 0 Å². The number of allylic oxidation sites excluding steroid dienone is 1. The molecule has 1 amide bonds. The van der Waals surface area contributed by atoms with E-state index in [0.717, 1.165) is 23.4 Å². The molecule has 0 spiro atoms. The Hall–Kier alpha value is -2.41. The molecular formula is C22H29N3O3S. The molecular weight excluding hydrogens is 386 g/mol. The zero-order valence-electron chi connectivity index (χ0n) is 17.3. The Bertz CT molecular complexity index is 813. The molecule has 0 radical (unpaired) electrons. The number of carbonyl (C=O) groups is 2. The van der Waals surface area contributed by atoms with Crippen LogP contribution in [0, 0.1) is 5.92 Å². The lowest BCUT2D eigenvalue weighted by molar-refractivity contribution is -0.136. The molecule has 1 aromatic carbocycles. The van der Waals surface area contributed by atoms with E-state index in [0.29, 0.717) is 23.0 Å². The first-order chi connectivity index (χ1) is 13.9. The van der Waals surface area contributed by atoms with Gasteiger partial charge in [0.25, 0.3) is 0 Å². The van der Waals surface area contributed by atoms with Gasteiger partial charge in [0.1, 0.15) is 0 Å². The normalized spacial score (nSPS) is 19.9. The molecule has 1 unspecified atom stereocenters. The number of thiocarbonyl (C=S) groups is 1. The number of carbonyl (C=O) groups excluding carboxylic acids is 2. The monoisotopic (exact) mass is 415 g/mol. The summed E-state index contributed by atoms with van der Waals surface area (Å²) in [5, 5.41) is 6.72. The molecule has 0 aromatic heterocycles. The fraction of sp³-hybridized carbons (Fsp3) is 0.500. The number of ether oxygens (including phenoxy) is 1. The van der Waals surface area contributed by atoms with E-state index >= 15 is 0 Å². The molecule has 2 N–H and O–H groups in total. The molecule has 7 heteroatoms. The molecule has 156 valence electrons. The second kappa shape index (κ2) is 9.39. The number of esters is 1. The molecule has 1 fully saturated rings. The number of nitrogens with zero attached hydrogens (tertiary/aromatic N) is 1. The number of amides is 1. The van der Waals surface area contributed by atoms with Crippen LogP contribution in [0.4, 0.5) is 5.69 Å². The maximum Gasteiger partial charge on any atom is 0.337 e. The summed E-state index contributed by atoms with van der Waals surface area (Å²) in [6.07, 6.45) is 6.62. The summed E-state index contributed by atoms with van der Waals surface area (Å²) in [4.78, 5) is 26.4. The van der Waals surface area contributed by atoms with Crippen molar-refractivity contribution in [2.24, 2.45) is 5.92 Å². The molecule has 1 heterocycles.